The zero-order valence-corrected chi connectivity index (χ0v) is 22.6. The lowest BCUT2D eigenvalue weighted by Gasteiger charge is -2.19. The van der Waals surface area contributed by atoms with Crippen LogP contribution in [0.3, 0.4) is 0 Å². The summed E-state index contributed by atoms with van der Waals surface area (Å²) >= 11 is 0. The number of alkyl carbamates (subject to hydrolysis) is 1. The third-order valence-corrected chi connectivity index (χ3v) is 4.75. The maximum absolute atomic E-state index is 12.8. The molecule has 10 nitrogen and oxygen atoms in total. The molecule has 0 fully saturated rings. The first kappa shape index (κ1) is 32.3. The van der Waals surface area contributed by atoms with Crippen molar-refractivity contribution in [2.45, 2.75) is 46.0 Å². The summed E-state index contributed by atoms with van der Waals surface area (Å²) < 4.78 is 37.0. The highest BCUT2D eigenvalue weighted by Gasteiger charge is 2.38. The summed E-state index contributed by atoms with van der Waals surface area (Å²) in [5, 5.41) is 15.4. The van der Waals surface area contributed by atoms with Crippen LogP contribution in [0, 0.1) is 6.92 Å². The van der Waals surface area contributed by atoms with Gasteiger partial charge in [-0.25, -0.2) is 14.6 Å². The van der Waals surface area contributed by atoms with E-state index in [4.69, 9.17) is 14.6 Å². The van der Waals surface area contributed by atoms with E-state index in [0.717, 1.165) is 5.56 Å². The normalized spacial score (nSPS) is 10.9. The Morgan fingerprint density at radius 1 is 0.854 bits per heavy atom. The highest BCUT2D eigenvalue weighted by Crippen LogP contribution is 2.15. The number of nitrogens with zero attached hydrogens (tertiary/aromatic N) is 1. The predicted octanol–water partition coefficient (Wildman–Crippen LogP) is 5.55. The highest BCUT2D eigenvalue weighted by atomic mass is 19.4. The molecule has 3 rings (SSSR count). The second kappa shape index (κ2) is 13.9. The van der Waals surface area contributed by atoms with Crippen LogP contribution in [-0.2, 0) is 16.1 Å². The fourth-order valence-corrected chi connectivity index (χ4v) is 3.11. The topological polar surface area (TPSA) is 147 Å². The number of hydrogen-bond acceptors (Lipinski definition) is 6. The molecule has 0 aliphatic carbocycles. The number of alkyl halides is 3. The van der Waals surface area contributed by atoms with Gasteiger partial charge in [0.05, 0.1) is 0 Å². The van der Waals surface area contributed by atoms with Gasteiger partial charge in [-0.15, -0.1) is 0 Å². The number of halogens is 3. The second-order valence-corrected chi connectivity index (χ2v) is 9.52. The largest absolute Gasteiger partial charge is 0.490 e. The van der Waals surface area contributed by atoms with E-state index >= 15 is 0 Å². The number of anilines is 2. The van der Waals surface area contributed by atoms with Crippen molar-refractivity contribution >= 4 is 35.4 Å². The molecule has 0 aliphatic heterocycles. The molecule has 41 heavy (non-hydrogen) atoms. The number of amides is 3. The summed E-state index contributed by atoms with van der Waals surface area (Å²) in [5.41, 5.74) is 2.18. The highest BCUT2D eigenvalue weighted by molar-refractivity contribution is 6.08. The lowest BCUT2D eigenvalue weighted by Crippen LogP contribution is -2.32. The van der Waals surface area contributed by atoms with Gasteiger partial charge in [0.25, 0.3) is 11.8 Å². The summed E-state index contributed by atoms with van der Waals surface area (Å²) in [6.07, 6.45) is -5.61. The average molecular weight is 575 g/mol. The number of aryl methyl sites for hydroxylation is 1. The molecule has 1 heterocycles. The van der Waals surface area contributed by atoms with Gasteiger partial charge in [0, 0.05) is 29.1 Å². The first-order valence-corrected chi connectivity index (χ1v) is 12.1. The number of carboxylic acid groups (broad SMARTS) is 1. The van der Waals surface area contributed by atoms with Crippen molar-refractivity contribution in [1.82, 2.24) is 10.3 Å². The number of carbonyl (C=O) groups is 4. The van der Waals surface area contributed by atoms with Crippen LogP contribution in [0.5, 0.6) is 0 Å². The first-order chi connectivity index (χ1) is 19.0. The van der Waals surface area contributed by atoms with Crippen LogP contribution in [0.1, 0.15) is 52.7 Å². The summed E-state index contributed by atoms with van der Waals surface area (Å²) in [6.45, 7) is 7.38. The number of aliphatic carboxylic acids is 1. The zero-order chi connectivity index (χ0) is 30.8. The molecule has 0 aliphatic rings. The van der Waals surface area contributed by atoms with E-state index in [1.165, 1.54) is 6.07 Å². The van der Waals surface area contributed by atoms with Crippen LogP contribution in [0.25, 0.3) is 0 Å². The van der Waals surface area contributed by atoms with Gasteiger partial charge >= 0.3 is 18.2 Å². The summed E-state index contributed by atoms with van der Waals surface area (Å²) in [4.78, 5) is 50.5. The minimum Gasteiger partial charge on any atom is -0.475 e. The Kier molecular flexibility index (Phi) is 11.0. The Morgan fingerprint density at radius 3 is 1.95 bits per heavy atom. The van der Waals surface area contributed by atoms with Gasteiger partial charge in [0.15, 0.2) is 0 Å². The van der Waals surface area contributed by atoms with E-state index in [2.05, 4.69) is 20.9 Å². The molecule has 13 heteroatoms. The van der Waals surface area contributed by atoms with Gasteiger partial charge in [-0.2, -0.15) is 13.2 Å². The van der Waals surface area contributed by atoms with Gasteiger partial charge in [0.1, 0.15) is 11.4 Å². The number of carboxylic acids is 1. The van der Waals surface area contributed by atoms with Crippen LogP contribution in [-0.4, -0.2) is 45.7 Å². The summed E-state index contributed by atoms with van der Waals surface area (Å²) in [7, 11) is 0. The molecule has 3 amide bonds. The van der Waals surface area contributed by atoms with Crippen molar-refractivity contribution in [3.63, 3.8) is 0 Å². The number of nitrogens with one attached hydrogen (secondary N) is 3. The number of carbonyl (C=O) groups excluding carboxylic acids is 3. The number of pyridine rings is 1. The van der Waals surface area contributed by atoms with Crippen LogP contribution in [0.2, 0.25) is 0 Å². The van der Waals surface area contributed by atoms with Crippen molar-refractivity contribution in [1.29, 1.82) is 0 Å². The molecule has 0 saturated heterocycles. The van der Waals surface area contributed by atoms with Gasteiger partial charge in [-0.3, -0.25) is 9.59 Å². The number of rotatable bonds is 6. The number of para-hydroxylation sites is 1. The van der Waals surface area contributed by atoms with E-state index in [0.29, 0.717) is 28.3 Å². The monoisotopic (exact) mass is 574 g/mol. The maximum atomic E-state index is 12.8. The standard InChI is InChI=1S/C26H28N4O4.C2HF3O2/c1-17-13-18(16-27-25(33)34-26(2,3)4)14-22(28-17)30-24(32)20-10-8-9-19(15-20)23(31)29-21-11-6-5-7-12-21;3-2(4,5)1(6)7/h5-15H,16H2,1-4H3,(H,27,33)(H,29,31)(H,28,30,32);(H,6,7). The number of aromatic nitrogens is 1. The third kappa shape index (κ3) is 11.8. The van der Waals surface area contributed by atoms with E-state index in [9.17, 15) is 27.6 Å². The Balaban J connectivity index is 0.000000745. The van der Waals surface area contributed by atoms with Crippen LogP contribution >= 0.6 is 0 Å². The Bertz CT molecular complexity index is 1390. The zero-order valence-electron chi connectivity index (χ0n) is 22.6. The molecule has 3 aromatic rings. The molecule has 0 bridgehead atoms. The van der Waals surface area contributed by atoms with Crippen molar-refractivity contribution < 1.29 is 42.2 Å². The molecule has 0 unspecified atom stereocenters. The molecule has 218 valence electrons. The molecule has 4 N–H and O–H groups in total. The quantitative estimate of drug-likeness (QED) is 0.302. The van der Waals surface area contributed by atoms with Gasteiger partial charge in [-0.05, 0) is 75.7 Å². The van der Waals surface area contributed by atoms with E-state index in [1.807, 2.05) is 24.3 Å². The van der Waals surface area contributed by atoms with Crippen LogP contribution in [0.15, 0.2) is 66.7 Å². The van der Waals surface area contributed by atoms with Gasteiger partial charge < -0.3 is 25.8 Å². The molecular formula is C28H29F3N4O6. The number of benzene rings is 2. The Morgan fingerprint density at radius 2 is 1.41 bits per heavy atom. The molecule has 0 saturated carbocycles. The summed E-state index contributed by atoms with van der Waals surface area (Å²) in [6, 6.07) is 19.0. The predicted molar refractivity (Wildman–Crippen MR) is 145 cm³/mol. The van der Waals surface area contributed by atoms with E-state index in [1.54, 1.807) is 64.1 Å². The Labute approximate surface area is 233 Å². The average Bonchev–Trinajstić information content (AvgIpc) is 2.86. The minimum absolute atomic E-state index is 0.219. The molecule has 2 aromatic carbocycles. The first-order valence-electron chi connectivity index (χ1n) is 12.1. The fourth-order valence-electron chi connectivity index (χ4n) is 3.11. The smallest absolute Gasteiger partial charge is 0.475 e. The third-order valence-electron chi connectivity index (χ3n) is 4.75. The minimum atomic E-state index is -5.08. The molecule has 1 aromatic heterocycles. The molecular weight excluding hydrogens is 545 g/mol. The fraction of sp³-hybridized carbons (Fsp3) is 0.250. The lowest BCUT2D eigenvalue weighted by molar-refractivity contribution is -0.192. The van der Waals surface area contributed by atoms with Crippen molar-refractivity contribution in [2.75, 3.05) is 10.6 Å². The van der Waals surface area contributed by atoms with Gasteiger partial charge in [-0.1, -0.05) is 24.3 Å². The second-order valence-electron chi connectivity index (χ2n) is 9.52. The van der Waals surface area contributed by atoms with Crippen molar-refractivity contribution in [3.05, 3.63) is 89.1 Å². The number of hydrogen-bond donors (Lipinski definition) is 4. The SMILES string of the molecule is Cc1cc(CNC(=O)OC(C)(C)C)cc(NC(=O)c2cccc(C(=O)Nc3ccccc3)c2)n1.O=C(O)C(F)(F)F. The molecule has 0 radical (unpaired) electrons. The molecule has 0 spiro atoms. The Hall–Kier alpha value is -4.94. The van der Waals surface area contributed by atoms with Crippen molar-refractivity contribution in [3.8, 4) is 0 Å². The lowest BCUT2D eigenvalue weighted by atomic mass is 10.1. The summed E-state index contributed by atoms with van der Waals surface area (Å²) in [5.74, 6) is -3.14. The van der Waals surface area contributed by atoms with Crippen LogP contribution in [0.4, 0.5) is 29.5 Å². The van der Waals surface area contributed by atoms with Gasteiger partial charge in [0.2, 0.25) is 0 Å². The number of ether oxygens (including phenoxy) is 1. The van der Waals surface area contributed by atoms with Crippen molar-refractivity contribution in [2.24, 2.45) is 0 Å². The maximum Gasteiger partial charge on any atom is 0.490 e. The molecule has 0 atom stereocenters. The van der Waals surface area contributed by atoms with E-state index in [-0.39, 0.29) is 12.5 Å². The van der Waals surface area contributed by atoms with Crippen LogP contribution < -0.4 is 16.0 Å². The van der Waals surface area contributed by atoms with E-state index < -0.39 is 29.7 Å².